The van der Waals surface area contributed by atoms with Crippen LogP contribution in [0.3, 0.4) is 0 Å². The van der Waals surface area contributed by atoms with Crippen LogP contribution in [0.5, 0.6) is 0 Å². The maximum Gasteiger partial charge on any atom is 0.160 e. The normalized spacial score (nSPS) is 11.8. The van der Waals surface area contributed by atoms with Crippen molar-refractivity contribution >= 4 is 82.9 Å². The molecule has 12 rings (SSSR count). The summed E-state index contributed by atoms with van der Waals surface area (Å²) < 4.78 is 19.9. The standard InChI is InChI=1S/C54H33NO3/c1-2-12-34(13-3-1)35-24-28-37(29-25-35)55(38-30-26-36(27-31-38)39-17-10-18-43-40-14-4-7-21-48(40)56-52(39)43)47-33-32-42(51-46-16-6-9-23-50(46)58-54(47)51)45-20-11-19-44-41-15-5-8-22-49(41)57-53(44)45/h1-33H. The van der Waals surface area contributed by atoms with Crippen LogP contribution < -0.4 is 4.90 Å². The van der Waals surface area contributed by atoms with Gasteiger partial charge in [-0.1, -0.05) is 152 Å². The van der Waals surface area contributed by atoms with E-state index in [-0.39, 0.29) is 0 Å². The molecule has 0 saturated carbocycles. The van der Waals surface area contributed by atoms with Gasteiger partial charge in [0.15, 0.2) is 5.58 Å². The Morgan fingerprint density at radius 3 is 1.38 bits per heavy atom. The Bertz CT molecular complexity index is 3500. The third-order valence-corrected chi connectivity index (χ3v) is 11.5. The van der Waals surface area contributed by atoms with E-state index in [9.17, 15) is 0 Å². The molecule has 3 heterocycles. The van der Waals surface area contributed by atoms with Gasteiger partial charge in [-0.3, -0.25) is 0 Å². The highest BCUT2D eigenvalue weighted by atomic mass is 16.3. The minimum absolute atomic E-state index is 0.801. The molecule has 12 aromatic rings. The Balaban J connectivity index is 1.06. The van der Waals surface area contributed by atoms with E-state index < -0.39 is 0 Å². The van der Waals surface area contributed by atoms with Gasteiger partial charge in [0.2, 0.25) is 0 Å². The second-order valence-corrected chi connectivity index (χ2v) is 14.8. The molecule has 0 aliphatic rings. The highest BCUT2D eigenvalue weighted by molar-refractivity contribution is 6.20. The number of hydrogen-bond acceptors (Lipinski definition) is 4. The van der Waals surface area contributed by atoms with Gasteiger partial charge in [0.05, 0.1) is 5.69 Å². The Kier molecular flexibility index (Phi) is 7.20. The summed E-state index contributed by atoms with van der Waals surface area (Å²) in [4.78, 5) is 2.30. The maximum absolute atomic E-state index is 6.92. The molecule has 0 aliphatic heterocycles. The molecule has 4 heteroatoms. The molecule has 0 atom stereocenters. The summed E-state index contributed by atoms with van der Waals surface area (Å²) in [5, 5.41) is 6.53. The van der Waals surface area contributed by atoms with Crippen LogP contribution >= 0.6 is 0 Å². The number of furan rings is 3. The van der Waals surface area contributed by atoms with Crippen molar-refractivity contribution < 1.29 is 13.3 Å². The van der Waals surface area contributed by atoms with Crippen molar-refractivity contribution in [1.29, 1.82) is 0 Å². The van der Waals surface area contributed by atoms with E-state index in [1.807, 2.05) is 30.3 Å². The lowest BCUT2D eigenvalue weighted by atomic mass is 9.96. The summed E-state index contributed by atoms with van der Waals surface area (Å²) in [6.45, 7) is 0. The zero-order chi connectivity index (χ0) is 38.2. The van der Waals surface area contributed by atoms with Crippen molar-refractivity contribution in [2.75, 3.05) is 4.90 Å². The summed E-state index contributed by atoms with van der Waals surface area (Å²) in [7, 11) is 0. The van der Waals surface area contributed by atoms with Gasteiger partial charge >= 0.3 is 0 Å². The van der Waals surface area contributed by atoms with Gasteiger partial charge in [-0.15, -0.1) is 0 Å². The molecule has 0 saturated heterocycles. The Hall–Kier alpha value is -7.82. The maximum atomic E-state index is 6.92. The van der Waals surface area contributed by atoms with Crippen molar-refractivity contribution in [3.63, 3.8) is 0 Å². The summed E-state index contributed by atoms with van der Waals surface area (Å²) in [6, 6.07) is 70.1. The zero-order valence-electron chi connectivity index (χ0n) is 31.2. The van der Waals surface area contributed by atoms with E-state index in [4.69, 9.17) is 13.3 Å². The first-order chi connectivity index (χ1) is 28.8. The molecule has 0 fully saturated rings. The fourth-order valence-electron chi connectivity index (χ4n) is 8.80. The van der Waals surface area contributed by atoms with Gasteiger partial charge in [-0.2, -0.15) is 0 Å². The smallest absolute Gasteiger partial charge is 0.160 e. The van der Waals surface area contributed by atoms with Gasteiger partial charge in [0, 0.05) is 54.8 Å². The molecule has 4 nitrogen and oxygen atoms in total. The number of fused-ring (bicyclic) bond motifs is 9. The van der Waals surface area contributed by atoms with E-state index in [0.717, 1.165) is 111 Å². The van der Waals surface area contributed by atoms with Crippen LogP contribution in [0.1, 0.15) is 0 Å². The van der Waals surface area contributed by atoms with E-state index in [1.54, 1.807) is 0 Å². The summed E-state index contributed by atoms with van der Waals surface area (Å²) >= 11 is 0. The largest absolute Gasteiger partial charge is 0.455 e. The first-order valence-corrected chi connectivity index (χ1v) is 19.6. The molecule has 9 aromatic carbocycles. The molecular formula is C54H33NO3. The Morgan fingerprint density at radius 1 is 0.276 bits per heavy atom. The van der Waals surface area contributed by atoms with Crippen molar-refractivity contribution in [3.8, 4) is 33.4 Å². The van der Waals surface area contributed by atoms with E-state index >= 15 is 0 Å². The van der Waals surface area contributed by atoms with Crippen LogP contribution in [0.4, 0.5) is 17.1 Å². The van der Waals surface area contributed by atoms with Crippen LogP contribution in [0.2, 0.25) is 0 Å². The van der Waals surface area contributed by atoms with Gasteiger partial charge in [0.1, 0.15) is 27.9 Å². The number of para-hydroxylation sites is 5. The molecule has 272 valence electrons. The molecular weight excluding hydrogens is 711 g/mol. The van der Waals surface area contributed by atoms with E-state index in [1.165, 1.54) is 5.56 Å². The molecule has 0 aliphatic carbocycles. The third kappa shape index (κ3) is 5.02. The first-order valence-electron chi connectivity index (χ1n) is 19.6. The SMILES string of the molecule is c1ccc(-c2ccc(N(c3ccc(-c4cccc5c4oc4ccccc45)cc3)c3ccc(-c4cccc5c4oc4ccccc45)c4c3oc3ccccc34)cc2)cc1. The van der Waals surface area contributed by atoms with Crippen LogP contribution in [-0.2, 0) is 0 Å². The van der Waals surface area contributed by atoms with Crippen molar-refractivity contribution in [2.45, 2.75) is 0 Å². The first kappa shape index (κ1) is 32.4. The molecule has 0 amide bonds. The Labute approximate surface area is 333 Å². The fourth-order valence-corrected chi connectivity index (χ4v) is 8.80. The highest BCUT2D eigenvalue weighted by Crippen LogP contribution is 2.48. The predicted octanol–water partition coefficient (Wildman–Crippen LogP) is 15.9. The quantitative estimate of drug-likeness (QED) is 0.170. The number of anilines is 3. The average molecular weight is 744 g/mol. The van der Waals surface area contributed by atoms with Gasteiger partial charge in [0.25, 0.3) is 0 Å². The minimum atomic E-state index is 0.801. The molecule has 58 heavy (non-hydrogen) atoms. The van der Waals surface area contributed by atoms with Gasteiger partial charge in [-0.25, -0.2) is 0 Å². The summed E-state index contributed by atoms with van der Waals surface area (Å²) in [6.07, 6.45) is 0. The van der Waals surface area contributed by atoms with E-state index in [2.05, 4.69) is 175 Å². The lowest BCUT2D eigenvalue weighted by molar-refractivity contribution is 0.668. The summed E-state index contributed by atoms with van der Waals surface area (Å²) in [5.41, 5.74) is 14.7. The van der Waals surface area contributed by atoms with Crippen LogP contribution in [0, 0.1) is 0 Å². The third-order valence-electron chi connectivity index (χ3n) is 11.5. The fraction of sp³-hybridized carbons (Fsp3) is 0. The number of benzene rings is 9. The molecule has 3 aromatic heterocycles. The lowest BCUT2D eigenvalue weighted by Crippen LogP contribution is -2.10. The highest BCUT2D eigenvalue weighted by Gasteiger charge is 2.24. The lowest BCUT2D eigenvalue weighted by Gasteiger charge is -2.26. The average Bonchev–Trinajstić information content (AvgIpc) is 4.00. The number of hydrogen-bond donors (Lipinski definition) is 0. The molecule has 0 radical (unpaired) electrons. The van der Waals surface area contributed by atoms with Crippen molar-refractivity contribution in [2.24, 2.45) is 0 Å². The van der Waals surface area contributed by atoms with Gasteiger partial charge in [-0.05, 0) is 70.8 Å². The number of rotatable bonds is 6. The molecule has 0 unspecified atom stereocenters. The molecule has 0 bridgehead atoms. The Morgan fingerprint density at radius 2 is 0.741 bits per heavy atom. The van der Waals surface area contributed by atoms with Crippen LogP contribution in [0.25, 0.3) is 99.2 Å². The number of nitrogens with zero attached hydrogens (tertiary/aromatic N) is 1. The van der Waals surface area contributed by atoms with Crippen LogP contribution in [-0.4, -0.2) is 0 Å². The van der Waals surface area contributed by atoms with Crippen molar-refractivity contribution in [1.82, 2.24) is 0 Å². The van der Waals surface area contributed by atoms with Crippen LogP contribution in [0.15, 0.2) is 213 Å². The second kappa shape index (κ2) is 12.9. The molecule has 0 spiro atoms. The molecule has 0 N–H and O–H groups in total. The second-order valence-electron chi connectivity index (χ2n) is 14.8. The topological polar surface area (TPSA) is 42.7 Å². The van der Waals surface area contributed by atoms with Crippen molar-refractivity contribution in [3.05, 3.63) is 200 Å². The zero-order valence-corrected chi connectivity index (χ0v) is 31.2. The monoisotopic (exact) mass is 743 g/mol. The minimum Gasteiger partial charge on any atom is -0.455 e. The predicted molar refractivity (Wildman–Crippen MR) is 239 cm³/mol. The van der Waals surface area contributed by atoms with E-state index in [0.29, 0.717) is 0 Å². The summed E-state index contributed by atoms with van der Waals surface area (Å²) in [5.74, 6) is 0. The van der Waals surface area contributed by atoms with Gasteiger partial charge < -0.3 is 18.2 Å².